The van der Waals surface area contributed by atoms with Gasteiger partial charge in [0.15, 0.2) is 12.5 Å². The van der Waals surface area contributed by atoms with Crippen molar-refractivity contribution >= 4 is 29.8 Å². The predicted octanol–water partition coefficient (Wildman–Crippen LogP) is -2.69. The summed E-state index contributed by atoms with van der Waals surface area (Å²) in [5.74, 6) is 0. The average Bonchev–Trinajstić information content (AvgIpc) is 2.85. The summed E-state index contributed by atoms with van der Waals surface area (Å²) in [6, 6.07) is 0. The third-order valence-corrected chi connectivity index (χ3v) is 7.35. The van der Waals surface area contributed by atoms with Gasteiger partial charge in [-0.2, -0.15) is 8.62 Å². The highest BCUT2D eigenvalue weighted by atomic mass is 31.3. The molecule has 1 aliphatic rings. The number of aromatic amines is 1. The van der Waals surface area contributed by atoms with Gasteiger partial charge in [0.05, 0.1) is 12.2 Å². The second-order valence-electron chi connectivity index (χ2n) is 5.80. The first-order chi connectivity index (χ1) is 14.1. The molecule has 1 aromatic heterocycles. The van der Waals surface area contributed by atoms with Gasteiger partial charge in [-0.25, -0.2) is 18.5 Å². The summed E-state index contributed by atoms with van der Waals surface area (Å²) in [6.45, 7) is -1.11. The van der Waals surface area contributed by atoms with E-state index in [0.717, 1.165) is 6.20 Å². The molecule has 2 rings (SSSR count). The van der Waals surface area contributed by atoms with Gasteiger partial charge in [0, 0.05) is 6.20 Å². The van der Waals surface area contributed by atoms with E-state index in [1.165, 1.54) is 0 Å². The van der Waals surface area contributed by atoms with Crippen LogP contribution in [0.25, 0.3) is 0 Å². The number of nitrogens with one attached hydrogen (secondary N) is 1. The lowest BCUT2D eigenvalue weighted by Crippen LogP contribution is -2.38. The van der Waals surface area contributed by atoms with Crippen molar-refractivity contribution in [3.05, 3.63) is 32.6 Å². The van der Waals surface area contributed by atoms with E-state index in [4.69, 9.17) is 19.4 Å². The number of carbonyl (C=O) groups is 1. The molecule has 6 atom stereocenters. The number of aldehydes is 1. The second kappa shape index (κ2) is 9.25. The number of H-pyrrole nitrogens is 1. The molecule has 176 valence electrons. The summed E-state index contributed by atoms with van der Waals surface area (Å²) >= 11 is 0. The molecule has 0 bridgehead atoms. The Morgan fingerprint density at radius 2 is 1.68 bits per heavy atom. The first-order valence-electron chi connectivity index (χ1n) is 7.66. The summed E-state index contributed by atoms with van der Waals surface area (Å²) in [5.41, 5.74) is -2.70. The molecule has 0 spiro atoms. The molecule has 18 nitrogen and oxygen atoms in total. The van der Waals surface area contributed by atoms with Crippen LogP contribution in [0, 0.1) is 0 Å². The molecule has 21 heteroatoms. The van der Waals surface area contributed by atoms with Gasteiger partial charge < -0.3 is 34.5 Å². The highest BCUT2D eigenvalue weighted by molar-refractivity contribution is 7.66. The Balaban J connectivity index is 2.13. The van der Waals surface area contributed by atoms with Crippen LogP contribution in [0.4, 0.5) is 0 Å². The predicted molar refractivity (Wildman–Crippen MR) is 92.5 cm³/mol. The van der Waals surface area contributed by atoms with Crippen LogP contribution < -0.4 is 11.2 Å². The minimum absolute atomic E-state index is 0.0966. The molecular weight excluding hydrogens is 497 g/mol. The molecule has 7 N–H and O–H groups in total. The van der Waals surface area contributed by atoms with Crippen molar-refractivity contribution < 1.29 is 66.2 Å². The number of hydrogen-bond donors (Lipinski definition) is 7. The molecule has 31 heavy (non-hydrogen) atoms. The lowest BCUT2D eigenvalue weighted by molar-refractivity contribution is -0.0542. The van der Waals surface area contributed by atoms with Crippen molar-refractivity contribution in [2.24, 2.45) is 0 Å². The molecule has 1 saturated heterocycles. The summed E-state index contributed by atoms with van der Waals surface area (Å²) in [6.07, 6.45) is -6.30. The van der Waals surface area contributed by atoms with Crippen LogP contribution in [0.1, 0.15) is 16.6 Å². The molecule has 0 saturated carbocycles. The lowest BCUT2D eigenvalue weighted by Gasteiger charge is -2.19. The third kappa shape index (κ3) is 6.81. The van der Waals surface area contributed by atoms with Gasteiger partial charge >= 0.3 is 29.2 Å². The molecule has 0 radical (unpaired) electrons. The Labute approximate surface area is 170 Å². The number of carbonyl (C=O) groups excluding carboxylic acids is 1. The minimum atomic E-state index is -5.77. The molecule has 0 aliphatic carbocycles. The maximum absolute atomic E-state index is 11.9. The van der Waals surface area contributed by atoms with E-state index < -0.39 is 71.4 Å². The van der Waals surface area contributed by atoms with Crippen molar-refractivity contribution in [1.29, 1.82) is 0 Å². The number of aromatic nitrogens is 2. The van der Waals surface area contributed by atoms with Gasteiger partial charge in [0.1, 0.15) is 18.3 Å². The Morgan fingerprint density at radius 3 is 2.23 bits per heavy atom. The Kier molecular flexibility index (Phi) is 7.73. The highest BCUT2D eigenvalue weighted by Crippen LogP contribution is 2.66. The largest absolute Gasteiger partial charge is 0.490 e. The van der Waals surface area contributed by atoms with Gasteiger partial charge in [0.25, 0.3) is 5.56 Å². The number of hydrogen-bond acceptors (Lipinski definition) is 12. The smallest absolute Gasteiger partial charge is 0.387 e. The van der Waals surface area contributed by atoms with Crippen molar-refractivity contribution in [2.75, 3.05) is 6.61 Å². The van der Waals surface area contributed by atoms with E-state index in [1.807, 2.05) is 0 Å². The zero-order valence-corrected chi connectivity index (χ0v) is 17.4. The van der Waals surface area contributed by atoms with E-state index in [2.05, 4.69) is 13.1 Å². The van der Waals surface area contributed by atoms with Gasteiger partial charge in [-0.15, -0.1) is 0 Å². The molecule has 0 aromatic carbocycles. The summed E-state index contributed by atoms with van der Waals surface area (Å²) in [5, 5.41) is 20.0. The molecule has 0 amide bonds. The second-order valence-corrected chi connectivity index (χ2v) is 10.2. The van der Waals surface area contributed by atoms with Gasteiger partial charge in [-0.3, -0.25) is 23.7 Å². The zero-order valence-electron chi connectivity index (χ0n) is 14.7. The number of phosphoric acid groups is 3. The van der Waals surface area contributed by atoms with E-state index >= 15 is 0 Å². The fraction of sp³-hybridized carbons (Fsp3) is 0.500. The number of phosphoric ester groups is 1. The molecule has 2 heterocycles. The Hall–Kier alpha value is -1.36. The molecule has 1 aromatic rings. The average molecular weight is 512 g/mol. The third-order valence-electron chi connectivity index (χ3n) is 3.55. The Bertz CT molecular complexity index is 1090. The first-order valence-corrected chi connectivity index (χ1v) is 12.2. The highest BCUT2D eigenvalue weighted by Gasteiger charge is 2.46. The summed E-state index contributed by atoms with van der Waals surface area (Å²) in [4.78, 5) is 71.2. The Morgan fingerprint density at radius 1 is 1.06 bits per heavy atom. The lowest BCUT2D eigenvalue weighted by atomic mass is 10.1. The van der Waals surface area contributed by atoms with E-state index in [9.17, 15) is 43.2 Å². The monoisotopic (exact) mass is 512 g/mol. The quantitative estimate of drug-likeness (QED) is 0.131. The van der Waals surface area contributed by atoms with Crippen LogP contribution in [-0.4, -0.2) is 70.5 Å². The van der Waals surface area contributed by atoms with Crippen molar-refractivity contribution in [1.82, 2.24) is 9.55 Å². The van der Waals surface area contributed by atoms with Gasteiger partial charge in [0.2, 0.25) is 0 Å². The van der Waals surface area contributed by atoms with Gasteiger partial charge in [-0.05, 0) is 0 Å². The maximum atomic E-state index is 11.9. The van der Waals surface area contributed by atoms with Crippen LogP contribution in [0.15, 0.2) is 15.8 Å². The van der Waals surface area contributed by atoms with Crippen molar-refractivity contribution in [3.8, 4) is 0 Å². The number of aliphatic hydroxyl groups is 2. The number of ether oxygens (including phenoxy) is 1. The van der Waals surface area contributed by atoms with Crippen LogP contribution in [0.3, 0.4) is 0 Å². The van der Waals surface area contributed by atoms with Crippen molar-refractivity contribution in [2.45, 2.75) is 24.5 Å². The molecular formula is C10H15N2O16P3. The fourth-order valence-corrected chi connectivity index (χ4v) is 5.37. The summed E-state index contributed by atoms with van der Waals surface area (Å²) in [7, 11) is -16.9. The van der Waals surface area contributed by atoms with Crippen LogP contribution in [-0.2, 0) is 31.6 Å². The summed E-state index contributed by atoms with van der Waals surface area (Å²) < 4.78 is 50.5. The van der Waals surface area contributed by atoms with Gasteiger partial charge in [-0.1, -0.05) is 0 Å². The molecule has 2 unspecified atom stereocenters. The normalized spacial score (nSPS) is 28.1. The SMILES string of the molecule is O=Cc1cn([C@@H]2O[C@H](COP(=O)(O)OP(=O)(O)OP(=O)(O)O)[C@@H](O)[C@H]2O)c(=O)[nH]c1=O. The molecule has 1 fully saturated rings. The van der Waals surface area contributed by atoms with E-state index in [0.29, 0.717) is 4.57 Å². The number of aliphatic hydroxyl groups excluding tert-OH is 2. The van der Waals surface area contributed by atoms with Crippen LogP contribution in [0.5, 0.6) is 0 Å². The molecule has 1 aliphatic heterocycles. The topological polar surface area (TPSA) is 281 Å². The van der Waals surface area contributed by atoms with Crippen molar-refractivity contribution in [3.63, 3.8) is 0 Å². The first kappa shape index (κ1) is 25.9. The van der Waals surface area contributed by atoms with E-state index in [1.54, 1.807) is 4.98 Å². The van der Waals surface area contributed by atoms with E-state index in [-0.39, 0.29) is 6.29 Å². The fourth-order valence-electron chi connectivity index (χ4n) is 2.34. The zero-order chi connectivity index (χ0) is 23.8. The standard InChI is InChI=1S/C10H15N2O16P3/c13-2-4-1-12(10(17)11-8(4)16)9-7(15)6(14)5(26-9)3-25-30(21,22)28-31(23,24)27-29(18,19)20/h1-2,5-7,9,14-15H,3H2,(H,21,22)(H,23,24)(H,11,16,17)(H2,18,19,20)/t5-,6-,7-,9-/m1/s1. The van der Waals surface area contributed by atoms with Crippen LogP contribution in [0.2, 0.25) is 0 Å². The minimum Gasteiger partial charge on any atom is -0.387 e. The number of rotatable bonds is 9. The maximum Gasteiger partial charge on any atom is 0.490 e. The number of nitrogens with zero attached hydrogens (tertiary/aromatic N) is 1. The van der Waals surface area contributed by atoms with Crippen LogP contribution >= 0.6 is 23.5 Å².